The zero-order valence-electron chi connectivity index (χ0n) is 12.8. The molecule has 2 unspecified atom stereocenters. The molecule has 0 N–H and O–H groups in total. The monoisotopic (exact) mass is 307 g/mol. The summed E-state index contributed by atoms with van der Waals surface area (Å²) in [5, 5.41) is 0. The molecule has 0 radical (unpaired) electrons. The fourth-order valence-electron chi connectivity index (χ4n) is 2.96. The topological polar surface area (TPSA) is 38.8 Å². The fraction of sp³-hybridized carbons (Fsp3) is 0.211. The van der Waals surface area contributed by atoms with Gasteiger partial charge in [0, 0.05) is 6.54 Å². The van der Waals surface area contributed by atoms with Crippen LogP contribution in [0.1, 0.15) is 12.5 Å². The zero-order chi connectivity index (χ0) is 15.9. The van der Waals surface area contributed by atoms with Crippen molar-refractivity contribution < 1.29 is 14.6 Å². The molecule has 2 bridgehead atoms. The summed E-state index contributed by atoms with van der Waals surface area (Å²) in [6.45, 7) is 2.32. The molecule has 1 amide bonds. The Bertz CT molecular complexity index is 754. The molecule has 2 aromatic rings. The summed E-state index contributed by atoms with van der Waals surface area (Å²) < 4.78 is 0. The van der Waals surface area contributed by atoms with Gasteiger partial charge in [0.15, 0.2) is 11.8 Å². The molecule has 4 nitrogen and oxygen atoms in total. The van der Waals surface area contributed by atoms with E-state index in [-0.39, 0.29) is 5.91 Å². The number of hydrogen-bond acceptors (Lipinski definition) is 3. The second-order valence-electron chi connectivity index (χ2n) is 6.00. The molecule has 2 atom stereocenters. The summed E-state index contributed by atoms with van der Waals surface area (Å²) in [4.78, 5) is 24.5. The van der Waals surface area contributed by atoms with Crippen LogP contribution in [0.3, 0.4) is 0 Å². The van der Waals surface area contributed by atoms with E-state index in [2.05, 4.69) is 24.3 Å². The van der Waals surface area contributed by atoms with Gasteiger partial charge in [-0.1, -0.05) is 54.6 Å². The van der Waals surface area contributed by atoms with Crippen molar-refractivity contribution in [1.29, 1.82) is 0 Å². The quantitative estimate of drug-likeness (QED) is 0.645. The van der Waals surface area contributed by atoms with E-state index in [4.69, 9.17) is 9.78 Å². The lowest BCUT2D eigenvalue weighted by molar-refractivity contribution is -0.410. The average Bonchev–Trinajstić information content (AvgIpc) is 2.60. The number of carbonyl (C=O) groups excluding carboxylic acids is 1. The second-order valence-corrected chi connectivity index (χ2v) is 6.00. The summed E-state index contributed by atoms with van der Waals surface area (Å²) in [5.41, 5.74) is 2.57. The Kier molecular flexibility index (Phi) is 3.29. The van der Waals surface area contributed by atoms with E-state index in [0.29, 0.717) is 6.54 Å². The Morgan fingerprint density at radius 1 is 1.04 bits per heavy atom. The van der Waals surface area contributed by atoms with Gasteiger partial charge >= 0.3 is 0 Å². The highest BCUT2D eigenvalue weighted by atomic mass is 17.2. The normalized spacial score (nSPS) is 25.9. The molecule has 5 rings (SSSR count). The third-order valence-electron chi connectivity index (χ3n) is 4.35. The number of hydrogen-bond donors (Lipinski definition) is 0. The molecule has 3 heterocycles. The maximum atomic E-state index is 12.4. The van der Waals surface area contributed by atoms with Crippen molar-refractivity contribution in [3.8, 4) is 11.1 Å². The summed E-state index contributed by atoms with van der Waals surface area (Å²) in [6.07, 6.45) is 3.00. The van der Waals surface area contributed by atoms with Crippen LogP contribution in [-0.2, 0) is 21.1 Å². The van der Waals surface area contributed by atoms with Gasteiger partial charge in [0.1, 0.15) is 0 Å². The van der Waals surface area contributed by atoms with Crippen LogP contribution in [0.15, 0.2) is 66.7 Å². The van der Waals surface area contributed by atoms with Crippen LogP contribution >= 0.6 is 0 Å². The van der Waals surface area contributed by atoms with Crippen LogP contribution in [0.2, 0.25) is 0 Å². The van der Waals surface area contributed by atoms with Crippen LogP contribution in [-0.4, -0.2) is 22.6 Å². The fourth-order valence-corrected chi connectivity index (χ4v) is 2.96. The maximum absolute atomic E-state index is 12.4. The second kappa shape index (κ2) is 5.33. The van der Waals surface area contributed by atoms with Crippen LogP contribution in [0, 0.1) is 0 Å². The van der Waals surface area contributed by atoms with Gasteiger partial charge < -0.3 is 4.90 Å². The van der Waals surface area contributed by atoms with E-state index in [1.807, 2.05) is 43.3 Å². The molecule has 3 aliphatic heterocycles. The Balaban J connectivity index is 1.56. The maximum Gasteiger partial charge on any atom is 0.261 e. The van der Waals surface area contributed by atoms with Gasteiger partial charge in [-0.15, -0.1) is 0 Å². The predicted molar refractivity (Wildman–Crippen MR) is 85.9 cm³/mol. The van der Waals surface area contributed by atoms with Crippen molar-refractivity contribution in [2.24, 2.45) is 0 Å². The van der Waals surface area contributed by atoms with Crippen molar-refractivity contribution in [3.63, 3.8) is 0 Å². The van der Waals surface area contributed by atoms with E-state index < -0.39 is 11.8 Å². The number of benzene rings is 2. The Morgan fingerprint density at radius 2 is 1.74 bits per heavy atom. The number of rotatable bonds is 3. The van der Waals surface area contributed by atoms with Gasteiger partial charge in [-0.3, -0.25) is 4.79 Å². The van der Waals surface area contributed by atoms with Crippen molar-refractivity contribution in [2.45, 2.75) is 25.3 Å². The zero-order valence-corrected chi connectivity index (χ0v) is 12.8. The number of fused-ring (bicyclic) bond motifs is 2. The van der Waals surface area contributed by atoms with E-state index >= 15 is 0 Å². The van der Waals surface area contributed by atoms with E-state index in [1.54, 1.807) is 11.0 Å². The first-order chi connectivity index (χ1) is 11.2. The van der Waals surface area contributed by atoms with Crippen molar-refractivity contribution in [3.05, 3.63) is 72.3 Å². The summed E-state index contributed by atoms with van der Waals surface area (Å²) in [7, 11) is 0. The molecule has 0 aliphatic carbocycles. The van der Waals surface area contributed by atoms with Crippen LogP contribution < -0.4 is 0 Å². The molecule has 0 spiro atoms. The SMILES string of the molecule is CC12C=CC(OO1)C(=O)N2Cc1ccc(-c2ccccc2)cc1. The lowest BCUT2D eigenvalue weighted by Gasteiger charge is -2.46. The first kappa shape index (κ1) is 14.2. The van der Waals surface area contributed by atoms with Gasteiger partial charge in [0.05, 0.1) is 0 Å². The molecule has 116 valence electrons. The van der Waals surface area contributed by atoms with Gasteiger partial charge in [0.25, 0.3) is 5.91 Å². The molecule has 0 saturated carbocycles. The minimum atomic E-state index is -0.829. The molecular weight excluding hydrogens is 290 g/mol. The van der Waals surface area contributed by atoms with Crippen LogP contribution in [0.4, 0.5) is 0 Å². The van der Waals surface area contributed by atoms with Gasteiger partial charge in [-0.2, -0.15) is 0 Å². The van der Waals surface area contributed by atoms with Crippen LogP contribution in [0.25, 0.3) is 11.1 Å². The molecular formula is C19H17NO3. The highest BCUT2D eigenvalue weighted by Crippen LogP contribution is 2.33. The van der Waals surface area contributed by atoms with Crippen molar-refractivity contribution >= 4 is 5.91 Å². The third-order valence-corrected chi connectivity index (χ3v) is 4.35. The lowest BCUT2D eigenvalue weighted by Crippen LogP contribution is -2.61. The smallest absolute Gasteiger partial charge is 0.261 e. The third kappa shape index (κ3) is 2.46. The first-order valence-electron chi connectivity index (χ1n) is 7.65. The van der Waals surface area contributed by atoms with Gasteiger partial charge in [-0.05, 0) is 35.8 Å². The number of amides is 1. The largest absolute Gasteiger partial charge is 0.302 e. The first-order valence-corrected chi connectivity index (χ1v) is 7.65. The minimum absolute atomic E-state index is 0.0617. The summed E-state index contributed by atoms with van der Waals surface area (Å²) >= 11 is 0. The molecule has 1 fully saturated rings. The van der Waals surface area contributed by atoms with Crippen LogP contribution in [0.5, 0.6) is 0 Å². The summed E-state index contributed by atoms with van der Waals surface area (Å²) in [6, 6.07) is 18.5. The minimum Gasteiger partial charge on any atom is -0.302 e. The van der Waals surface area contributed by atoms with Crippen molar-refractivity contribution in [2.75, 3.05) is 0 Å². The van der Waals surface area contributed by atoms with E-state index in [0.717, 1.165) is 11.1 Å². The molecule has 1 saturated heterocycles. The molecule has 0 aromatic heterocycles. The Hall–Kier alpha value is -2.43. The number of carbonyl (C=O) groups is 1. The highest BCUT2D eigenvalue weighted by molar-refractivity contribution is 5.85. The van der Waals surface area contributed by atoms with Gasteiger partial charge in [0.2, 0.25) is 0 Å². The standard InChI is InChI=1S/C19H17NO3/c1-19-12-11-17(22-23-19)18(21)20(19)13-14-7-9-16(10-8-14)15-5-3-2-4-6-15/h2-12,17H,13H2,1H3. The predicted octanol–water partition coefficient (Wildman–Crippen LogP) is 3.30. The van der Waals surface area contributed by atoms with Gasteiger partial charge in [-0.25, -0.2) is 9.78 Å². The van der Waals surface area contributed by atoms with E-state index in [1.165, 1.54) is 5.56 Å². The Labute approximate surface area is 134 Å². The van der Waals surface area contributed by atoms with E-state index in [9.17, 15) is 4.79 Å². The highest BCUT2D eigenvalue weighted by Gasteiger charge is 2.47. The average molecular weight is 307 g/mol. The molecule has 2 aromatic carbocycles. The lowest BCUT2D eigenvalue weighted by atomic mass is 10.0. The summed E-state index contributed by atoms with van der Waals surface area (Å²) in [5.74, 6) is -0.0617. The number of nitrogens with zero attached hydrogens (tertiary/aromatic N) is 1. The molecule has 3 aliphatic rings. The van der Waals surface area contributed by atoms with Crippen molar-refractivity contribution in [1.82, 2.24) is 4.90 Å². The molecule has 4 heteroatoms. The molecule has 23 heavy (non-hydrogen) atoms. The Morgan fingerprint density at radius 3 is 2.35 bits per heavy atom.